The lowest BCUT2D eigenvalue weighted by Crippen LogP contribution is -2.49. The Morgan fingerprint density at radius 2 is 2.17 bits per heavy atom. The van der Waals surface area contributed by atoms with Gasteiger partial charge in [-0.15, -0.1) is 0 Å². The number of nitrogens with two attached hydrogens (primary N) is 1. The summed E-state index contributed by atoms with van der Waals surface area (Å²) in [6.07, 6.45) is -0.558. The van der Waals surface area contributed by atoms with Gasteiger partial charge in [-0.25, -0.2) is 9.18 Å². The molecule has 1 aromatic carbocycles. The number of halogens is 1. The van der Waals surface area contributed by atoms with E-state index in [4.69, 9.17) is 10.8 Å². The van der Waals surface area contributed by atoms with Gasteiger partial charge in [0.25, 0.3) is 0 Å². The van der Waals surface area contributed by atoms with Gasteiger partial charge in [-0.05, 0) is 38.0 Å². The zero-order valence-electron chi connectivity index (χ0n) is 12.4. The number of hydrogen-bond donors (Lipinski definition) is 5. The standard InChI is InChI=1S/C14H18FN3O4S/c1-14(8-6-7(16)2-3-9(8)15)11-5-4-10(23(11,21)22)12(18-14)17-13(19)20/h2-3,6,10-11,21-22H,4-5,16H2,1H3,(H,17,18)(H,19,20)/t10-,11+,14+/m0/s1. The van der Waals surface area contributed by atoms with E-state index in [0.717, 1.165) is 0 Å². The van der Waals surface area contributed by atoms with Crippen molar-refractivity contribution in [2.75, 3.05) is 5.73 Å². The Hall–Kier alpha value is -1.84. The lowest BCUT2D eigenvalue weighted by atomic mass is 9.87. The molecule has 0 aliphatic carbocycles. The Bertz CT molecular complexity index is 711. The smallest absolute Gasteiger partial charge is 0.410 e. The lowest BCUT2D eigenvalue weighted by molar-refractivity contribution is 0.200. The van der Waals surface area contributed by atoms with Crippen LogP contribution in [0.25, 0.3) is 0 Å². The topological polar surface area (TPSA) is 128 Å². The summed E-state index contributed by atoms with van der Waals surface area (Å²) in [5.74, 6) is -0.601. The van der Waals surface area contributed by atoms with E-state index in [9.17, 15) is 18.3 Å². The van der Waals surface area contributed by atoms with Crippen molar-refractivity contribution in [1.82, 2.24) is 5.32 Å². The summed E-state index contributed by atoms with van der Waals surface area (Å²) >= 11 is 0. The molecule has 126 valence electrons. The van der Waals surface area contributed by atoms with E-state index >= 15 is 0 Å². The maximum Gasteiger partial charge on any atom is 0.410 e. The first kappa shape index (κ1) is 16.0. The SMILES string of the molecule is C[C@]1(c2cc(N)ccc2F)N=C(NC(=O)O)[C@@H]2CC[C@H]1S2(O)O. The fourth-order valence-corrected chi connectivity index (χ4v) is 6.20. The van der Waals surface area contributed by atoms with Crippen LogP contribution in [-0.2, 0) is 5.54 Å². The Morgan fingerprint density at radius 3 is 2.83 bits per heavy atom. The van der Waals surface area contributed by atoms with Crippen molar-refractivity contribution in [2.24, 2.45) is 4.99 Å². The van der Waals surface area contributed by atoms with E-state index in [0.29, 0.717) is 18.5 Å². The summed E-state index contributed by atoms with van der Waals surface area (Å²) in [4.78, 5) is 15.4. The number of amidine groups is 1. The van der Waals surface area contributed by atoms with E-state index < -0.39 is 38.5 Å². The van der Waals surface area contributed by atoms with Crippen molar-refractivity contribution < 1.29 is 23.4 Å². The van der Waals surface area contributed by atoms with Crippen LogP contribution in [0.5, 0.6) is 0 Å². The first-order valence-electron chi connectivity index (χ1n) is 7.07. The second kappa shape index (κ2) is 5.08. The molecule has 6 N–H and O–H groups in total. The highest BCUT2D eigenvalue weighted by molar-refractivity contribution is 8.26. The van der Waals surface area contributed by atoms with Crippen molar-refractivity contribution in [3.05, 3.63) is 29.6 Å². The number of anilines is 1. The summed E-state index contributed by atoms with van der Waals surface area (Å²) in [6.45, 7) is 1.58. The molecule has 2 bridgehead atoms. The second-order valence-corrected chi connectivity index (χ2v) is 8.42. The minimum absolute atomic E-state index is 0.0319. The second-order valence-electron chi connectivity index (χ2n) is 6.01. The van der Waals surface area contributed by atoms with Crippen molar-refractivity contribution >= 4 is 28.2 Å². The van der Waals surface area contributed by atoms with Crippen molar-refractivity contribution in [3.63, 3.8) is 0 Å². The van der Waals surface area contributed by atoms with Crippen molar-refractivity contribution in [3.8, 4) is 0 Å². The molecule has 1 amide bonds. The summed E-state index contributed by atoms with van der Waals surface area (Å²) in [5.41, 5.74) is 4.88. The molecule has 3 atom stereocenters. The highest BCUT2D eigenvalue weighted by Gasteiger charge is 2.57. The molecule has 2 aliphatic heterocycles. The average Bonchev–Trinajstić information content (AvgIpc) is 2.65. The Balaban J connectivity index is 2.19. The number of benzene rings is 1. The van der Waals surface area contributed by atoms with Gasteiger partial charge in [-0.1, -0.05) is 0 Å². The number of amides is 1. The van der Waals surface area contributed by atoms with Crippen LogP contribution in [0.3, 0.4) is 0 Å². The van der Waals surface area contributed by atoms with Gasteiger partial charge in [0.1, 0.15) is 22.4 Å². The number of nitrogen functional groups attached to an aromatic ring is 1. The monoisotopic (exact) mass is 343 g/mol. The number of nitrogens with one attached hydrogen (secondary N) is 1. The minimum Gasteiger partial charge on any atom is -0.465 e. The predicted octanol–water partition coefficient (Wildman–Crippen LogP) is 2.58. The van der Waals surface area contributed by atoms with Gasteiger partial charge < -0.3 is 10.8 Å². The van der Waals surface area contributed by atoms with Gasteiger partial charge in [0.2, 0.25) is 0 Å². The van der Waals surface area contributed by atoms with E-state index in [2.05, 4.69) is 10.3 Å². The number of carbonyl (C=O) groups is 1. The molecule has 0 spiro atoms. The van der Waals surface area contributed by atoms with Crippen molar-refractivity contribution in [1.29, 1.82) is 0 Å². The first-order valence-corrected chi connectivity index (χ1v) is 8.74. The van der Waals surface area contributed by atoms with E-state index in [1.54, 1.807) is 6.92 Å². The number of hydrogen-bond acceptors (Lipinski definition) is 5. The quantitative estimate of drug-likeness (QED) is 0.501. The van der Waals surface area contributed by atoms with Gasteiger partial charge >= 0.3 is 6.09 Å². The van der Waals surface area contributed by atoms with E-state index in [-0.39, 0.29) is 11.4 Å². The molecule has 1 aromatic rings. The molecular formula is C14H18FN3O4S. The summed E-state index contributed by atoms with van der Waals surface area (Å²) in [7, 11) is -3.17. The molecule has 0 radical (unpaired) electrons. The zero-order valence-corrected chi connectivity index (χ0v) is 13.2. The molecule has 0 unspecified atom stereocenters. The molecule has 1 saturated heterocycles. The maximum absolute atomic E-state index is 14.3. The third-order valence-electron chi connectivity index (χ3n) is 4.58. The molecule has 1 fully saturated rings. The first-order chi connectivity index (χ1) is 10.7. The molecule has 2 heterocycles. The Labute approximate surface area is 133 Å². The van der Waals surface area contributed by atoms with Gasteiger partial charge in [0, 0.05) is 11.3 Å². The molecule has 0 saturated carbocycles. The molecule has 0 aromatic heterocycles. The van der Waals surface area contributed by atoms with Gasteiger partial charge in [-0.2, -0.15) is 10.6 Å². The fourth-order valence-electron chi connectivity index (χ4n) is 3.54. The normalized spacial score (nSPS) is 33.0. The Morgan fingerprint density at radius 1 is 1.48 bits per heavy atom. The molecule has 9 heteroatoms. The molecule has 7 nitrogen and oxygen atoms in total. The average molecular weight is 343 g/mol. The van der Waals surface area contributed by atoms with Crippen molar-refractivity contribution in [2.45, 2.75) is 35.8 Å². The van der Waals surface area contributed by atoms with Crippen LogP contribution in [0.1, 0.15) is 25.3 Å². The summed E-state index contributed by atoms with van der Waals surface area (Å²) in [6, 6.07) is 4.01. The number of aliphatic imine (C=N–C) groups is 1. The zero-order chi connectivity index (χ0) is 17.0. The van der Waals surface area contributed by atoms with Crippen LogP contribution < -0.4 is 11.1 Å². The number of fused-ring (bicyclic) bond motifs is 2. The molecule has 23 heavy (non-hydrogen) atoms. The van der Waals surface area contributed by atoms with Crippen LogP contribution >= 0.6 is 10.6 Å². The number of carboxylic acid groups (broad SMARTS) is 1. The van der Waals surface area contributed by atoms with Crippen LogP contribution in [0.15, 0.2) is 23.2 Å². The molecule has 2 aliphatic rings. The van der Waals surface area contributed by atoms with Gasteiger partial charge in [0.05, 0.1) is 5.25 Å². The van der Waals surface area contributed by atoms with Crippen LogP contribution in [0, 0.1) is 5.82 Å². The lowest BCUT2D eigenvalue weighted by Gasteiger charge is -2.50. The highest BCUT2D eigenvalue weighted by Crippen LogP contribution is 2.66. The maximum atomic E-state index is 14.3. The van der Waals surface area contributed by atoms with E-state index in [1.165, 1.54) is 18.2 Å². The van der Waals surface area contributed by atoms with E-state index in [1.807, 2.05) is 0 Å². The third-order valence-corrected chi connectivity index (χ3v) is 7.41. The molecular weight excluding hydrogens is 325 g/mol. The number of nitrogens with zero attached hydrogens (tertiary/aromatic N) is 1. The van der Waals surface area contributed by atoms with Crippen LogP contribution in [0.4, 0.5) is 14.9 Å². The summed E-state index contributed by atoms with van der Waals surface area (Å²) < 4.78 is 35.5. The highest BCUT2D eigenvalue weighted by atomic mass is 32.3. The van der Waals surface area contributed by atoms with Gasteiger partial charge in [-0.3, -0.25) is 19.4 Å². The number of rotatable bonds is 1. The summed E-state index contributed by atoms with van der Waals surface area (Å²) in [5, 5.41) is 9.65. The molecule has 3 rings (SSSR count). The van der Waals surface area contributed by atoms with Crippen LogP contribution in [-0.4, -0.2) is 36.6 Å². The fraction of sp³-hybridized carbons (Fsp3) is 0.429. The third kappa shape index (κ3) is 2.35. The van der Waals surface area contributed by atoms with Gasteiger partial charge in [0.15, 0.2) is 0 Å². The Kier molecular flexibility index (Phi) is 3.54. The predicted molar refractivity (Wildman–Crippen MR) is 86.4 cm³/mol. The minimum atomic E-state index is -3.17. The largest absolute Gasteiger partial charge is 0.465 e. The van der Waals surface area contributed by atoms with Crippen LogP contribution in [0.2, 0.25) is 0 Å².